The summed E-state index contributed by atoms with van der Waals surface area (Å²) in [5, 5.41) is 9.78. The van der Waals surface area contributed by atoms with Crippen LogP contribution in [0.25, 0.3) is 10.2 Å². The molecule has 0 radical (unpaired) electrons. The maximum atomic E-state index is 12.5. The van der Waals surface area contributed by atoms with Crippen molar-refractivity contribution in [2.45, 2.75) is 39.7 Å². The highest BCUT2D eigenvalue weighted by molar-refractivity contribution is 9.11. The van der Waals surface area contributed by atoms with E-state index < -0.39 is 17.0 Å². The summed E-state index contributed by atoms with van der Waals surface area (Å²) in [5.74, 6) is 0.625. The molecule has 8 heteroatoms. The molecule has 0 spiro atoms. The Hall–Kier alpha value is -1.41. The summed E-state index contributed by atoms with van der Waals surface area (Å²) >= 11 is 4.71. The number of aromatic amines is 1. The molecule has 24 heavy (non-hydrogen) atoms. The van der Waals surface area contributed by atoms with Crippen LogP contribution in [0.2, 0.25) is 0 Å². The van der Waals surface area contributed by atoms with Crippen LogP contribution in [-0.4, -0.2) is 32.6 Å². The van der Waals surface area contributed by atoms with Crippen molar-refractivity contribution in [2.24, 2.45) is 11.3 Å². The topological polar surface area (TPSA) is 86.3 Å². The van der Waals surface area contributed by atoms with Crippen molar-refractivity contribution in [1.82, 2.24) is 14.9 Å². The quantitative estimate of drug-likeness (QED) is 0.739. The summed E-state index contributed by atoms with van der Waals surface area (Å²) < 4.78 is 1.37. The molecular weight excluding hydrogens is 394 g/mol. The summed E-state index contributed by atoms with van der Waals surface area (Å²) in [4.78, 5) is 33.4. The fraction of sp³-hybridized carbons (Fsp3) is 0.562. The van der Waals surface area contributed by atoms with Crippen molar-refractivity contribution in [3.05, 3.63) is 26.0 Å². The number of carboxylic acid groups (broad SMARTS) is 1. The van der Waals surface area contributed by atoms with Crippen molar-refractivity contribution in [3.63, 3.8) is 0 Å². The van der Waals surface area contributed by atoms with E-state index in [1.165, 1.54) is 16.2 Å². The lowest BCUT2D eigenvalue weighted by molar-refractivity contribution is 0.0210. The van der Waals surface area contributed by atoms with Gasteiger partial charge in [-0.25, -0.2) is 9.78 Å². The largest absolute Gasteiger partial charge is 0.465 e. The van der Waals surface area contributed by atoms with Gasteiger partial charge in [-0.05, 0) is 39.8 Å². The fourth-order valence-corrected chi connectivity index (χ4v) is 5.21. The molecule has 2 aromatic heterocycles. The number of amides is 1. The minimum absolute atomic E-state index is 0.190. The second kappa shape index (κ2) is 5.56. The zero-order valence-electron chi connectivity index (χ0n) is 14.0. The van der Waals surface area contributed by atoms with E-state index in [0.717, 1.165) is 3.79 Å². The van der Waals surface area contributed by atoms with E-state index in [1.54, 1.807) is 6.07 Å². The Balaban J connectivity index is 2.32. The van der Waals surface area contributed by atoms with Gasteiger partial charge in [0.1, 0.15) is 16.1 Å². The van der Waals surface area contributed by atoms with Gasteiger partial charge in [0.2, 0.25) is 0 Å². The molecule has 3 rings (SSSR count). The number of hydrogen-bond donors (Lipinski definition) is 2. The third kappa shape index (κ3) is 2.47. The summed E-state index contributed by atoms with van der Waals surface area (Å²) in [6.07, 6.45) is -0.355. The monoisotopic (exact) mass is 413 g/mol. The first-order valence-electron chi connectivity index (χ1n) is 7.76. The van der Waals surface area contributed by atoms with Crippen LogP contribution in [0.1, 0.15) is 39.9 Å². The van der Waals surface area contributed by atoms with Crippen LogP contribution in [0.3, 0.4) is 0 Å². The first-order chi connectivity index (χ1) is 11.1. The molecule has 1 aliphatic heterocycles. The van der Waals surface area contributed by atoms with Crippen LogP contribution < -0.4 is 5.56 Å². The summed E-state index contributed by atoms with van der Waals surface area (Å²) in [7, 11) is 0. The second-order valence-corrected chi connectivity index (χ2v) is 9.92. The van der Waals surface area contributed by atoms with Crippen molar-refractivity contribution in [2.75, 3.05) is 6.54 Å². The Morgan fingerprint density at radius 1 is 1.54 bits per heavy atom. The predicted molar refractivity (Wildman–Crippen MR) is 97.6 cm³/mol. The molecule has 0 aromatic carbocycles. The lowest BCUT2D eigenvalue weighted by Crippen LogP contribution is -2.54. The molecule has 2 aromatic rings. The van der Waals surface area contributed by atoms with Gasteiger partial charge in [0.25, 0.3) is 5.56 Å². The number of aromatic nitrogens is 2. The van der Waals surface area contributed by atoms with E-state index in [4.69, 9.17) is 0 Å². The summed E-state index contributed by atoms with van der Waals surface area (Å²) in [5.41, 5.74) is -0.911. The van der Waals surface area contributed by atoms with Crippen molar-refractivity contribution in [3.8, 4) is 0 Å². The zero-order chi connectivity index (χ0) is 17.9. The van der Waals surface area contributed by atoms with Gasteiger partial charge in [-0.2, -0.15) is 0 Å². The first-order valence-corrected chi connectivity index (χ1v) is 9.37. The number of nitrogens with zero attached hydrogens (tertiary/aromatic N) is 2. The van der Waals surface area contributed by atoms with Gasteiger partial charge in [0.15, 0.2) is 0 Å². The standard InChI is InChI=1S/C16H20BrN3O3S/c1-8-6-16(15(2,3)4,20(7-8)14(22)23)13-18-9-5-10(17)24-11(9)12(21)19-13/h5,8H,6-7H2,1-4H3,(H,22,23)(H,18,19,21)/t8-,16+/m0/s1. The Labute approximate surface area is 152 Å². The normalized spacial score (nSPS) is 24.7. The molecule has 1 amide bonds. The lowest BCUT2D eigenvalue weighted by Gasteiger charge is -2.45. The van der Waals surface area contributed by atoms with E-state index in [1.807, 2.05) is 27.7 Å². The lowest BCUT2D eigenvalue weighted by atomic mass is 9.70. The SMILES string of the molecule is C[C@@H]1CN(C(=O)O)[C@](c2nc3cc(Br)sc3c(=O)[nH]2)(C(C)(C)C)C1. The molecule has 2 atom stereocenters. The maximum absolute atomic E-state index is 12.5. The van der Waals surface area contributed by atoms with Crippen LogP contribution >= 0.6 is 27.3 Å². The van der Waals surface area contributed by atoms with Crippen molar-refractivity contribution in [1.29, 1.82) is 0 Å². The van der Waals surface area contributed by atoms with E-state index in [2.05, 4.69) is 25.9 Å². The molecule has 6 nitrogen and oxygen atoms in total. The van der Waals surface area contributed by atoms with Gasteiger partial charge in [-0.15, -0.1) is 11.3 Å². The molecule has 0 saturated carbocycles. The second-order valence-electron chi connectivity index (χ2n) is 7.49. The number of likely N-dealkylation sites (tertiary alicyclic amines) is 1. The molecule has 0 aliphatic carbocycles. The molecule has 1 fully saturated rings. The van der Waals surface area contributed by atoms with Crippen molar-refractivity contribution < 1.29 is 9.90 Å². The molecule has 130 valence electrons. The van der Waals surface area contributed by atoms with E-state index in [-0.39, 0.29) is 11.5 Å². The molecular formula is C16H20BrN3O3S. The number of hydrogen-bond acceptors (Lipinski definition) is 4. The Morgan fingerprint density at radius 2 is 2.21 bits per heavy atom. The summed E-state index contributed by atoms with van der Waals surface area (Å²) in [6, 6.07) is 1.80. The van der Waals surface area contributed by atoms with Gasteiger partial charge in [-0.1, -0.05) is 27.7 Å². The molecule has 0 bridgehead atoms. The number of fused-ring (bicyclic) bond motifs is 1. The smallest absolute Gasteiger partial charge is 0.408 e. The van der Waals surface area contributed by atoms with Gasteiger partial charge in [-0.3, -0.25) is 9.69 Å². The van der Waals surface area contributed by atoms with Crippen LogP contribution in [0.15, 0.2) is 14.6 Å². The highest BCUT2D eigenvalue weighted by Gasteiger charge is 2.57. The first kappa shape index (κ1) is 17.4. The highest BCUT2D eigenvalue weighted by atomic mass is 79.9. The third-order valence-electron chi connectivity index (χ3n) is 4.82. The highest BCUT2D eigenvalue weighted by Crippen LogP contribution is 2.51. The number of carbonyl (C=O) groups is 1. The minimum Gasteiger partial charge on any atom is -0.465 e. The number of rotatable bonds is 1. The molecule has 1 saturated heterocycles. The van der Waals surface area contributed by atoms with Crippen LogP contribution in [0.5, 0.6) is 0 Å². The van der Waals surface area contributed by atoms with Gasteiger partial charge in [0.05, 0.1) is 9.30 Å². The van der Waals surface area contributed by atoms with Crippen LogP contribution in [-0.2, 0) is 5.54 Å². The number of nitrogens with one attached hydrogen (secondary N) is 1. The van der Waals surface area contributed by atoms with E-state index in [0.29, 0.717) is 29.0 Å². The molecule has 3 heterocycles. The van der Waals surface area contributed by atoms with Gasteiger partial charge < -0.3 is 10.1 Å². The Morgan fingerprint density at radius 3 is 2.79 bits per heavy atom. The van der Waals surface area contributed by atoms with Crippen LogP contribution in [0.4, 0.5) is 4.79 Å². The zero-order valence-corrected chi connectivity index (χ0v) is 16.4. The molecule has 0 unspecified atom stereocenters. The number of H-pyrrole nitrogens is 1. The Bertz CT molecular complexity index is 870. The average Bonchev–Trinajstić information content (AvgIpc) is 2.98. The molecule has 2 N–H and O–H groups in total. The molecule has 1 aliphatic rings. The number of thiophene rings is 1. The maximum Gasteiger partial charge on any atom is 0.408 e. The number of halogens is 1. The minimum atomic E-state index is -0.983. The fourth-order valence-electron chi connectivity index (χ4n) is 3.79. The van der Waals surface area contributed by atoms with Crippen molar-refractivity contribution >= 4 is 43.6 Å². The Kier molecular flexibility index (Phi) is 4.03. The van der Waals surface area contributed by atoms with E-state index in [9.17, 15) is 14.7 Å². The average molecular weight is 414 g/mol. The summed E-state index contributed by atoms with van der Waals surface area (Å²) in [6.45, 7) is 8.45. The van der Waals surface area contributed by atoms with E-state index >= 15 is 0 Å². The van der Waals surface area contributed by atoms with Gasteiger partial charge in [0, 0.05) is 6.54 Å². The predicted octanol–water partition coefficient (Wildman–Crippen LogP) is 4.01. The van der Waals surface area contributed by atoms with Gasteiger partial charge >= 0.3 is 6.09 Å². The third-order valence-corrected chi connectivity index (χ3v) is 6.44. The van der Waals surface area contributed by atoms with Crippen LogP contribution in [0, 0.1) is 11.3 Å².